The van der Waals surface area contributed by atoms with Crippen molar-refractivity contribution in [2.75, 3.05) is 0 Å². The van der Waals surface area contributed by atoms with Gasteiger partial charge in [-0.05, 0) is 19.1 Å². The zero-order valence-electron chi connectivity index (χ0n) is 11.4. The van der Waals surface area contributed by atoms with Gasteiger partial charge in [-0.25, -0.2) is 4.79 Å². The van der Waals surface area contributed by atoms with Crippen molar-refractivity contribution in [3.8, 4) is 0 Å². The van der Waals surface area contributed by atoms with Crippen LogP contribution in [0.1, 0.15) is 34.6 Å². The van der Waals surface area contributed by atoms with Gasteiger partial charge in [0, 0.05) is 6.92 Å². The van der Waals surface area contributed by atoms with Gasteiger partial charge in [0.1, 0.15) is 6.10 Å². The first kappa shape index (κ1) is 14.7. The van der Waals surface area contributed by atoms with Crippen molar-refractivity contribution >= 4 is 23.8 Å². The standard InChI is InChI=1S/C14H13NO6/c1-7(21-8(2)16)11(14(19)20)15-12(17)9-5-3-4-6-10(9)13(15)18/h3-7,11H,1-2H3,(H,19,20)/t7-,11+/m1/s1. The average molecular weight is 291 g/mol. The predicted octanol–water partition coefficient (Wildman–Crippen LogP) is 0.687. The van der Waals surface area contributed by atoms with Crippen molar-refractivity contribution in [2.45, 2.75) is 26.0 Å². The van der Waals surface area contributed by atoms with Gasteiger partial charge in [0.2, 0.25) is 0 Å². The lowest BCUT2D eigenvalue weighted by Gasteiger charge is -2.27. The van der Waals surface area contributed by atoms with E-state index in [1.165, 1.54) is 19.1 Å². The highest BCUT2D eigenvalue weighted by Gasteiger charge is 2.46. The summed E-state index contributed by atoms with van der Waals surface area (Å²) in [5.74, 6) is -3.52. The molecule has 2 atom stereocenters. The van der Waals surface area contributed by atoms with E-state index in [0.29, 0.717) is 4.90 Å². The molecule has 1 aliphatic rings. The molecule has 0 aliphatic carbocycles. The number of carbonyl (C=O) groups excluding carboxylic acids is 3. The molecule has 110 valence electrons. The molecule has 1 heterocycles. The molecule has 21 heavy (non-hydrogen) atoms. The van der Waals surface area contributed by atoms with Gasteiger partial charge in [-0.3, -0.25) is 19.3 Å². The summed E-state index contributed by atoms with van der Waals surface area (Å²) in [4.78, 5) is 47.5. The van der Waals surface area contributed by atoms with Gasteiger partial charge in [-0.1, -0.05) is 12.1 Å². The van der Waals surface area contributed by atoms with Gasteiger partial charge < -0.3 is 9.84 Å². The summed E-state index contributed by atoms with van der Waals surface area (Å²) < 4.78 is 4.82. The second-order valence-corrected chi connectivity index (χ2v) is 4.62. The summed E-state index contributed by atoms with van der Waals surface area (Å²) in [5, 5.41) is 9.29. The maximum atomic E-state index is 12.2. The molecule has 0 bridgehead atoms. The first-order chi connectivity index (χ1) is 9.84. The number of benzene rings is 1. The minimum absolute atomic E-state index is 0.142. The van der Waals surface area contributed by atoms with Crippen LogP contribution in [0.2, 0.25) is 0 Å². The number of esters is 1. The van der Waals surface area contributed by atoms with Crippen LogP contribution in [0.15, 0.2) is 24.3 Å². The first-order valence-corrected chi connectivity index (χ1v) is 6.21. The third-order valence-corrected chi connectivity index (χ3v) is 3.15. The zero-order chi connectivity index (χ0) is 15.7. The predicted molar refractivity (Wildman–Crippen MR) is 69.6 cm³/mol. The van der Waals surface area contributed by atoms with E-state index in [2.05, 4.69) is 0 Å². The molecule has 0 fully saturated rings. The van der Waals surface area contributed by atoms with Crippen molar-refractivity contribution in [2.24, 2.45) is 0 Å². The van der Waals surface area contributed by atoms with E-state index in [-0.39, 0.29) is 11.1 Å². The van der Waals surface area contributed by atoms with Gasteiger partial charge in [-0.2, -0.15) is 0 Å². The number of amides is 2. The highest BCUT2D eigenvalue weighted by Crippen LogP contribution is 2.26. The van der Waals surface area contributed by atoms with Crippen LogP contribution in [-0.4, -0.2) is 45.9 Å². The number of carboxylic acids is 1. The Labute approximate surface area is 120 Å². The normalized spacial score (nSPS) is 16.4. The quantitative estimate of drug-likeness (QED) is 0.647. The molecule has 0 unspecified atom stereocenters. The molecule has 0 saturated carbocycles. The molecule has 1 aliphatic heterocycles. The van der Waals surface area contributed by atoms with Crippen molar-refractivity contribution < 1.29 is 29.0 Å². The van der Waals surface area contributed by atoms with E-state index in [4.69, 9.17) is 4.74 Å². The van der Waals surface area contributed by atoms with Crippen molar-refractivity contribution in [1.29, 1.82) is 0 Å². The van der Waals surface area contributed by atoms with E-state index in [1.54, 1.807) is 12.1 Å². The Morgan fingerprint density at radius 1 is 1.14 bits per heavy atom. The van der Waals surface area contributed by atoms with Crippen LogP contribution in [0.5, 0.6) is 0 Å². The SMILES string of the molecule is CC(=O)O[C@H](C)[C@@H](C(=O)O)N1C(=O)c2ccccc2C1=O. The lowest BCUT2D eigenvalue weighted by molar-refractivity contribution is -0.155. The Morgan fingerprint density at radius 2 is 1.62 bits per heavy atom. The topological polar surface area (TPSA) is 101 Å². The number of carbonyl (C=O) groups is 4. The van der Waals surface area contributed by atoms with Gasteiger partial charge in [-0.15, -0.1) is 0 Å². The molecule has 7 nitrogen and oxygen atoms in total. The summed E-state index contributed by atoms with van der Waals surface area (Å²) in [6, 6.07) is 4.49. The lowest BCUT2D eigenvalue weighted by Crippen LogP contribution is -2.51. The molecule has 1 aromatic carbocycles. The van der Waals surface area contributed by atoms with Crippen LogP contribution in [-0.2, 0) is 14.3 Å². The summed E-state index contributed by atoms with van der Waals surface area (Å²) >= 11 is 0. The second-order valence-electron chi connectivity index (χ2n) is 4.62. The number of hydrogen-bond acceptors (Lipinski definition) is 5. The van der Waals surface area contributed by atoms with Gasteiger partial charge in [0.05, 0.1) is 11.1 Å². The number of hydrogen-bond donors (Lipinski definition) is 1. The molecule has 0 spiro atoms. The van der Waals surface area contributed by atoms with Crippen molar-refractivity contribution in [1.82, 2.24) is 4.90 Å². The fourth-order valence-electron chi connectivity index (χ4n) is 2.31. The van der Waals surface area contributed by atoms with E-state index in [1.807, 2.05) is 0 Å². The van der Waals surface area contributed by atoms with Crippen LogP contribution in [0.25, 0.3) is 0 Å². The Balaban J connectivity index is 2.40. The number of fused-ring (bicyclic) bond motifs is 1. The molecular weight excluding hydrogens is 278 g/mol. The maximum absolute atomic E-state index is 12.2. The highest BCUT2D eigenvalue weighted by atomic mass is 16.5. The van der Waals surface area contributed by atoms with E-state index >= 15 is 0 Å². The van der Waals surface area contributed by atoms with E-state index in [0.717, 1.165) is 6.92 Å². The van der Waals surface area contributed by atoms with Crippen LogP contribution in [0, 0.1) is 0 Å². The first-order valence-electron chi connectivity index (χ1n) is 6.21. The smallest absolute Gasteiger partial charge is 0.330 e. The molecule has 1 N–H and O–H groups in total. The monoisotopic (exact) mass is 291 g/mol. The molecule has 2 rings (SSSR count). The highest BCUT2D eigenvalue weighted by molar-refractivity contribution is 6.22. The number of aliphatic carboxylic acids is 1. The molecule has 1 aromatic rings. The largest absolute Gasteiger partial charge is 0.480 e. The van der Waals surface area contributed by atoms with E-state index < -0.39 is 35.9 Å². The summed E-state index contributed by atoms with van der Waals surface area (Å²) in [6.07, 6.45) is -1.15. The molecular formula is C14H13NO6. The fourth-order valence-corrected chi connectivity index (χ4v) is 2.31. The van der Waals surface area contributed by atoms with Crippen LogP contribution in [0.3, 0.4) is 0 Å². The molecule has 7 heteroatoms. The molecule has 0 saturated heterocycles. The average Bonchev–Trinajstić information content (AvgIpc) is 2.64. The summed E-state index contributed by atoms with van der Waals surface area (Å²) in [6.45, 7) is 2.45. The molecule has 0 radical (unpaired) electrons. The summed E-state index contributed by atoms with van der Waals surface area (Å²) in [5.41, 5.74) is 0.285. The van der Waals surface area contributed by atoms with Crippen LogP contribution >= 0.6 is 0 Å². The maximum Gasteiger partial charge on any atom is 0.330 e. The number of nitrogens with zero attached hydrogens (tertiary/aromatic N) is 1. The third-order valence-electron chi connectivity index (χ3n) is 3.15. The van der Waals surface area contributed by atoms with Crippen molar-refractivity contribution in [3.05, 3.63) is 35.4 Å². The Morgan fingerprint density at radius 3 is 2.00 bits per heavy atom. The number of imide groups is 1. The van der Waals surface area contributed by atoms with Gasteiger partial charge in [0.15, 0.2) is 6.04 Å². The van der Waals surface area contributed by atoms with Crippen LogP contribution < -0.4 is 0 Å². The Hall–Kier alpha value is -2.70. The minimum atomic E-state index is -1.57. The number of carboxylic acid groups (broad SMARTS) is 1. The zero-order valence-corrected chi connectivity index (χ0v) is 11.4. The van der Waals surface area contributed by atoms with E-state index in [9.17, 15) is 24.3 Å². The van der Waals surface area contributed by atoms with Gasteiger partial charge >= 0.3 is 11.9 Å². The second kappa shape index (κ2) is 5.35. The Kier molecular flexibility index (Phi) is 3.75. The number of rotatable bonds is 4. The Bertz CT molecular complexity index is 603. The minimum Gasteiger partial charge on any atom is -0.480 e. The lowest BCUT2D eigenvalue weighted by atomic mass is 10.1. The third kappa shape index (κ3) is 2.49. The van der Waals surface area contributed by atoms with Gasteiger partial charge in [0.25, 0.3) is 11.8 Å². The summed E-state index contributed by atoms with van der Waals surface area (Å²) in [7, 11) is 0. The molecule has 2 amide bonds. The van der Waals surface area contributed by atoms with Crippen LogP contribution in [0.4, 0.5) is 0 Å². The fraction of sp³-hybridized carbons (Fsp3) is 0.286. The van der Waals surface area contributed by atoms with Crippen molar-refractivity contribution in [3.63, 3.8) is 0 Å². The molecule has 0 aromatic heterocycles. The number of ether oxygens (including phenoxy) is 1.